The third-order valence-corrected chi connectivity index (χ3v) is 4.39. The van der Waals surface area contributed by atoms with Crippen LogP contribution in [0.2, 0.25) is 0 Å². The van der Waals surface area contributed by atoms with E-state index >= 15 is 0 Å². The summed E-state index contributed by atoms with van der Waals surface area (Å²) >= 11 is 0. The maximum absolute atomic E-state index is 12.3. The van der Waals surface area contributed by atoms with Crippen molar-refractivity contribution in [1.29, 1.82) is 0 Å². The molecule has 0 bridgehead atoms. The van der Waals surface area contributed by atoms with Crippen molar-refractivity contribution in [2.24, 2.45) is 0 Å². The summed E-state index contributed by atoms with van der Waals surface area (Å²) in [6.07, 6.45) is 8.64. The van der Waals surface area contributed by atoms with Gasteiger partial charge in [-0.15, -0.1) is 10.2 Å². The van der Waals surface area contributed by atoms with Gasteiger partial charge in [0, 0.05) is 31.4 Å². The maximum Gasteiger partial charge on any atom is 0.250 e. The summed E-state index contributed by atoms with van der Waals surface area (Å²) in [5.41, 5.74) is 0.785. The van der Waals surface area contributed by atoms with E-state index in [0.717, 1.165) is 18.4 Å². The number of piperidine rings is 1. The van der Waals surface area contributed by atoms with E-state index in [1.54, 1.807) is 18.6 Å². The Morgan fingerprint density at radius 2 is 2.00 bits per heavy atom. The van der Waals surface area contributed by atoms with Crippen LogP contribution in [-0.2, 0) is 11.3 Å². The minimum absolute atomic E-state index is 0.147. The highest BCUT2D eigenvalue weighted by atomic mass is 16.4. The summed E-state index contributed by atoms with van der Waals surface area (Å²) in [5.74, 6) is 1.47. The first-order valence-electron chi connectivity index (χ1n) is 8.04. The Morgan fingerprint density at radius 3 is 2.71 bits per heavy atom. The van der Waals surface area contributed by atoms with Crippen LogP contribution in [0.4, 0.5) is 0 Å². The number of amides is 1. The van der Waals surface area contributed by atoms with E-state index in [4.69, 9.17) is 8.83 Å². The normalized spacial score (nSPS) is 15.8. The van der Waals surface area contributed by atoms with Crippen molar-refractivity contribution in [2.45, 2.75) is 25.3 Å². The standard InChI is InChI=1S/C17H18N4O3/c22-15(11-20-6-1-2-7-20)21-8-3-13(4-9-21)16-18-19-17(24-16)14-5-10-23-12-14/h1-2,5-7,10,12-13H,3-4,8-9,11H2. The molecule has 0 atom stereocenters. The molecule has 0 aliphatic carbocycles. The van der Waals surface area contributed by atoms with Crippen LogP contribution in [0.15, 0.2) is 52.0 Å². The van der Waals surface area contributed by atoms with Crippen LogP contribution >= 0.6 is 0 Å². The van der Waals surface area contributed by atoms with Crippen molar-refractivity contribution in [2.75, 3.05) is 13.1 Å². The molecule has 0 saturated carbocycles. The highest BCUT2D eigenvalue weighted by Gasteiger charge is 2.27. The third-order valence-electron chi connectivity index (χ3n) is 4.39. The molecule has 0 radical (unpaired) electrons. The average molecular weight is 326 g/mol. The Kier molecular flexibility index (Phi) is 3.90. The highest BCUT2D eigenvalue weighted by Crippen LogP contribution is 2.29. The number of rotatable bonds is 4. The van der Waals surface area contributed by atoms with Crippen LogP contribution in [0.25, 0.3) is 11.5 Å². The van der Waals surface area contributed by atoms with E-state index in [1.165, 1.54) is 0 Å². The molecule has 4 rings (SSSR count). The number of furan rings is 1. The Labute approximate surface area is 138 Å². The van der Waals surface area contributed by atoms with Gasteiger partial charge >= 0.3 is 0 Å². The number of likely N-dealkylation sites (tertiary alicyclic amines) is 1. The second-order valence-corrected chi connectivity index (χ2v) is 5.97. The fourth-order valence-electron chi connectivity index (χ4n) is 3.01. The molecule has 0 N–H and O–H groups in total. The lowest BCUT2D eigenvalue weighted by Gasteiger charge is -2.30. The van der Waals surface area contributed by atoms with E-state index in [0.29, 0.717) is 31.4 Å². The molecule has 1 amide bonds. The van der Waals surface area contributed by atoms with Gasteiger partial charge in [0.05, 0.1) is 11.8 Å². The zero-order chi connectivity index (χ0) is 16.4. The van der Waals surface area contributed by atoms with Gasteiger partial charge in [0.2, 0.25) is 11.8 Å². The van der Waals surface area contributed by atoms with Crippen molar-refractivity contribution >= 4 is 5.91 Å². The maximum atomic E-state index is 12.3. The van der Waals surface area contributed by atoms with Crippen LogP contribution in [0.1, 0.15) is 24.7 Å². The molecule has 124 valence electrons. The van der Waals surface area contributed by atoms with Gasteiger partial charge in [-0.1, -0.05) is 0 Å². The van der Waals surface area contributed by atoms with Crippen LogP contribution < -0.4 is 0 Å². The number of hydrogen-bond acceptors (Lipinski definition) is 5. The lowest BCUT2D eigenvalue weighted by molar-refractivity contribution is -0.132. The summed E-state index contributed by atoms with van der Waals surface area (Å²) in [4.78, 5) is 14.2. The quantitative estimate of drug-likeness (QED) is 0.736. The van der Waals surface area contributed by atoms with Crippen molar-refractivity contribution in [3.8, 4) is 11.5 Å². The van der Waals surface area contributed by atoms with Crippen LogP contribution in [0.5, 0.6) is 0 Å². The molecule has 7 nitrogen and oxygen atoms in total. The lowest BCUT2D eigenvalue weighted by Crippen LogP contribution is -2.39. The molecule has 0 aromatic carbocycles. The minimum atomic E-state index is 0.147. The number of nitrogens with zero attached hydrogens (tertiary/aromatic N) is 4. The van der Waals surface area contributed by atoms with Crippen molar-refractivity contribution in [3.05, 3.63) is 49.0 Å². The smallest absolute Gasteiger partial charge is 0.250 e. The van der Waals surface area contributed by atoms with Gasteiger partial charge < -0.3 is 18.3 Å². The predicted molar refractivity (Wildman–Crippen MR) is 85.0 cm³/mol. The second kappa shape index (κ2) is 6.35. The Hall–Kier alpha value is -2.83. The van der Waals surface area contributed by atoms with Crippen molar-refractivity contribution in [3.63, 3.8) is 0 Å². The van der Waals surface area contributed by atoms with Gasteiger partial charge in [0.1, 0.15) is 12.8 Å². The zero-order valence-corrected chi connectivity index (χ0v) is 13.2. The summed E-state index contributed by atoms with van der Waals surface area (Å²) in [5, 5.41) is 8.24. The van der Waals surface area contributed by atoms with Crippen LogP contribution in [0.3, 0.4) is 0 Å². The number of carbonyl (C=O) groups is 1. The summed E-state index contributed by atoms with van der Waals surface area (Å²) in [6, 6.07) is 5.64. The molecule has 0 unspecified atom stereocenters. The molecule has 4 heterocycles. The SMILES string of the molecule is O=C(Cn1cccc1)N1CCC(c2nnc(-c3ccoc3)o2)CC1. The monoisotopic (exact) mass is 326 g/mol. The summed E-state index contributed by atoms with van der Waals surface area (Å²) in [6.45, 7) is 1.82. The highest BCUT2D eigenvalue weighted by molar-refractivity contribution is 5.76. The predicted octanol–water partition coefficient (Wildman–Crippen LogP) is 2.54. The van der Waals surface area contributed by atoms with Crippen LogP contribution in [-0.4, -0.2) is 38.7 Å². The molecule has 3 aromatic rings. The van der Waals surface area contributed by atoms with Crippen molar-refractivity contribution in [1.82, 2.24) is 19.7 Å². The van der Waals surface area contributed by atoms with Crippen LogP contribution in [0, 0.1) is 0 Å². The third kappa shape index (κ3) is 2.97. The topological polar surface area (TPSA) is 77.3 Å². The largest absolute Gasteiger partial charge is 0.472 e. The Bertz CT molecular complexity index is 784. The first kappa shape index (κ1) is 14.7. The zero-order valence-electron chi connectivity index (χ0n) is 13.2. The average Bonchev–Trinajstić information content (AvgIpc) is 3.36. The van der Waals surface area contributed by atoms with Gasteiger partial charge in [-0.05, 0) is 31.0 Å². The molecule has 24 heavy (non-hydrogen) atoms. The van der Waals surface area contributed by atoms with E-state index in [9.17, 15) is 4.79 Å². The second-order valence-electron chi connectivity index (χ2n) is 5.97. The van der Waals surface area contributed by atoms with Crippen molar-refractivity contribution < 1.29 is 13.6 Å². The number of aromatic nitrogens is 3. The molecule has 0 spiro atoms. The first-order valence-corrected chi connectivity index (χ1v) is 8.04. The molecule has 3 aromatic heterocycles. The number of hydrogen-bond donors (Lipinski definition) is 0. The van der Waals surface area contributed by atoms with Gasteiger partial charge in [-0.2, -0.15) is 0 Å². The fraction of sp³-hybridized carbons (Fsp3) is 0.353. The lowest BCUT2D eigenvalue weighted by atomic mass is 9.97. The molecule has 1 fully saturated rings. The fourth-order valence-corrected chi connectivity index (χ4v) is 3.01. The number of carbonyl (C=O) groups excluding carboxylic acids is 1. The molecule has 1 aliphatic rings. The minimum Gasteiger partial charge on any atom is -0.472 e. The Balaban J connectivity index is 1.35. The summed E-state index contributed by atoms with van der Waals surface area (Å²) in [7, 11) is 0. The molecule has 1 saturated heterocycles. The summed E-state index contributed by atoms with van der Waals surface area (Å²) < 4.78 is 12.7. The van der Waals surface area contributed by atoms with E-state index < -0.39 is 0 Å². The molecular formula is C17H18N4O3. The Morgan fingerprint density at radius 1 is 1.21 bits per heavy atom. The molecular weight excluding hydrogens is 308 g/mol. The van der Waals surface area contributed by atoms with Gasteiger partial charge in [0.15, 0.2) is 0 Å². The molecule has 1 aliphatic heterocycles. The van der Waals surface area contributed by atoms with Gasteiger partial charge in [0.25, 0.3) is 5.89 Å². The van der Waals surface area contributed by atoms with Gasteiger partial charge in [-0.25, -0.2) is 0 Å². The van der Waals surface area contributed by atoms with E-state index in [-0.39, 0.29) is 11.8 Å². The first-order chi connectivity index (χ1) is 11.8. The van der Waals surface area contributed by atoms with E-state index in [1.807, 2.05) is 34.0 Å². The van der Waals surface area contributed by atoms with E-state index in [2.05, 4.69) is 10.2 Å². The molecule has 7 heteroatoms. The van der Waals surface area contributed by atoms with Gasteiger partial charge in [-0.3, -0.25) is 4.79 Å².